The Morgan fingerprint density at radius 1 is 1.17 bits per heavy atom. The number of allylic oxidation sites excluding steroid dienone is 2. The summed E-state index contributed by atoms with van der Waals surface area (Å²) in [5.41, 5.74) is 4.28. The maximum atomic E-state index is 12.7. The van der Waals surface area contributed by atoms with E-state index in [-0.39, 0.29) is 29.4 Å². The topological polar surface area (TPSA) is 49.3 Å². The van der Waals surface area contributed by atoms with E-state index in [1.54, 1.807) is 0 Å². The molecule has 122 valence electrons. The van der Waals surface area contributed by atoms with Crippen molar-refractivity contribution in [3.8, 4) is 11.8 Å². The van der Waals surface area contributed by atoms with Crippen LogP contribution >= 0.6 is 12.4 Å². The first kappa shape index (κ1) is 17.6. The van der Waals surface area contributed by atoms with Crippen LogP contribution in [-0.4, -0.2) is 24.0 Å². The lowest BCUT2D eigenvalue weighted by atomic mass is 9.68. The van der Waals surface area contributed by atoms with Crippen molar-refractivity contribution in [2.45, 2.75) is 33.6 Å². The molecule has 0 bridgehead atoms. The Hall–Kier alpha value is -1.76. The van der Waals surface area contributed by atoms with Gasteiger partial charge in [0.25, 0.3) is 0 Å². The van der Waals surface area contributed by atoms with E-state index in [9.17, 15) is 9.90 Å². The number of carbonyl (C=O) groups excluding carboxylic acids is 1. The molecule has 1 spiro atoms. The second-order valence-corrected chi connectivity index (χ2v) is 6.56. The van der Waals surface area contributed by atoms with Gasteiger partial charge in [-0.3, -0.25) is 4.79 Å². The highest BCUT2D eigenvalue weighted by molar-refractivity contribution is 6.23. The monoisotopic (exact) mass is 331 g/mol. The summed E-state index contributed by atoms with van der Waals surface area (Å²) in [5, 5.41) is 13.7. The molecule has 1 aliphatic carbocycles. The van der Waals surface area contributed by atoms with Crippen molar-refractivity contribution in [1.29, 1.82) is 0 Å². The molecule has 1 fully saturated rings. The lowest BCUT2D eigenvalue weighted by Gasteiger charge is -2.44. The molecule has 0 amide bonds. The number of benzene rings is 1. The number of hydrogen-bond acceptors (Lipinski definition) is 3. The fourth-order valence-electron chi connectivity index (χ4n) is 3.68. The van der Waals surface area contributed by atoms with Crippen LogP contribution in [-0.2, 0) is 4.79 Å². The van der Waals surface area contributed by atoms with Crippen LogP contribution in [0.4, 0.5) is 0 Å². The average molecular weight is 332 g/mol. The number of carbonyl (C=O) groups is 1. The van der Waals surface area contributed by atoms with Gasteiger partial charge in [-0.2, -0.15) is 0 Å². The first-order valence-electron chi connectivity index (χ1n) is 7.66. The first-order valence-corrected chi connectivity index (χ1v) is 7.66. The summed E-state index contributed by atoms with van der Waals surface area (Å²) in [4.78, 5) is 12.7. The summed E-state index contributed by atoms with van der Waals surface area (Å²) in [6.45, 7) is 7.40. The number of aliphatic hydroxyl groups excluding tert-OH is 1. The zero-order valence-corrected chi connectivity index (χ0v) is 14.6. The van der Waals surface area contributed by atoms with Crippen LogP contribution in [0.3, 0.4) is 0 Å². The Labute approximate surface area is 143 Å². The summed E-state index contributed by atoms with van der Waals surface area (Å²) in [6.07, 6.45) is 1.12. The molecule has 0 atom stereocenters. The van der Waals surface area contributed by atoms with Gasteiger partial charge in [-0.05, 0) is 49.6 Å². The number of aliphatic hydroxyl groups is 1. The molecule has 2 aliphatic rings. The van der Waals surface area contributed by atoms with Gasteiger partial charge in [-0.1, -0.05) is 5.92 Å². The average Bonchev–Trinajstić information content (AvgIpc) is 2.39. The molecule has 1 heterocycles. The Morgan fingerprint density at radius 3 is 2.22 bits per heavy atom. The fourth-order valence-corrected chi connectivity index (χ4v) is 3.68. The summed E-state index contributed by atoms with van der Waals surface area (Å²) < 4.78 is 0. The Kier molecular flexibility index (Phi) is 4.89. The van der Waals surface area contributed by atoms with E-state index in [0.717, 1.165) is 35.3 Å². The lowest BCUT2D eigenvalue weighted by Crippen LogP contribution is -2.55. The van der Waals surface area contributed by atoms with Gasteiger partial charge in [0, 0.05) is 36.9 Å². The van der Waals surface area contributed by atoms with E-state index in [4.69, 9.17) is 0 Å². The fraction of sp³-hybridized carbons (Fsp3) is 0.421. The minimum absolute atomic E-state index is 0. The van der Waals surface area contributed by atoms with Gasteiger partial charge in [0.15, 0.2) is 5.78 Å². The van der Waals surface area contributed by atoms with E-state index < -0.39 is 0 Å². The predicted octanol–water partition coefficient (Wildman–Crippen LogP) is 3.32. The standard InChI is InChI=1S/C19H21NO2.ClH/c1-4-5-14-6-12(2)17(13(3)7-14)18-15(21)8-19(9-16(18)22)10-20-11-19;/h6-7,20-21H,8-11H2,1-3H3;1H. The van der Waals surface area contributed by atoms with E-state index in [1.165, 1.54) is 0 Å². The molecule has 3 rings (SSSR count). The second kappa shape index (κ2) is 6.39. The minimum Gasteiger partial charge on any atom is -0.512 e. The van der Waals surface area contributed by atoms with Gasteiger partial charge in [0.2, 0.25) is 0 Å². The predicted molar refractivity (Wildman–Crippen MR) is 94.8 cm³/mol. The molecule has 4 heteroatoms. The third kappa shape index (κ3) is 3.02. The van der Waals surface area contributed by atoms with E-state index in [1.807, 2.05) is 32.9 Å². The molecule has 1 aliphatic heterocycles. The molecule has 23 heavy (non-hydrogen) atoms. The number of aryl methyl sites for hydroxylation is 2. The molecule has 1 aromatic rings. The van der Waals surface area contributed by atoms with Crippen LogP contribution in [0.5, 0.6) is 0 Å². The van der Waals surface area contributed by atoms with Gasteiger partial charge in [0.1, 0.15) is 5.76 Å². The maximum absolute atomic E-state index is 12.7. The quantitative estimate of drug-likeness (QED) is 0.776. The highest BCUT2D eigenvalue weighted by atomic mass is 35.5. The number of Topliss-reactive ketones (excluding diaryl/α,β-unsaturated/α-hetero) is 1. The third-order valence-corrected chi connectivity index (χ3v) is 4.70. The molecular weight excluding hydrogens is 310 g/mol. The molecule has 1 saturated heterocycles. The number of halogens is 1. The summed E-state index contributed by atoms with van der Waals surface area (Å²) in [6, 6.07) is 3.98. The van der Waals surface area contributed by atoms with Gasteiger partial charge in [-0.15, -0.1) is 18.3 Å². The van der Waals surface area contributed by atoms with E-state index in [2.05, 4.69) is 17.2 Å². The van der Waals surface area contributed by atoms with E-state index >= 15 is 0 Å². The highest BCUT2D eigenvalue weighted by Gasteiger charge is 2.45. The highest BCUT2D eigenvalue weighted by Crippen LogP contribution is 2.43. The Bertz CT molecular complexity index is 725. The first-order chi connectivity index (χ1) is 10.5. The lowest BCUT2D eigenvalue weighted by molar-refractivity contribution is -0.117. The molecule has 2 N–H and O–H groups in total. The Balaban J connectivity index is 0.00000192. The number of ketones is 1. The van der Waals surface area contributed by atoms with Crippen molar-refractivity contribution in [1.82, 2.24) is 5.32 Å². The van der Waals surface area contributed by atoms with Crippen LogP contribution < -0.4 is 5.32 Å². The van der Waals surface area contributed by atoms with Crippen LogP contribution in [0, 0.1) is 31.1 Å². The number of rotatable bonds is 1. The normalized spacial score (nSPS) is 18.8. The van der Waals surface area contributed by atoms with Gasteiger partial charge in [0.05, 0.1) is 5.57 Å². The van der Waals surface area contributed by atoms with Crippen molar-refractivity contribution in [3.05, 3.63) is 40.1 Å². The zero-order chi connectivity index (χ0) is 15.9. The third-order valence-electron chi connectivity index (χ3n) is 4.70. The van der Waals surface area contributed by atoms with Gasteiger partial charge < -0.3 is 10.4 Å². The minimum atomic E-state index is -0.0555. The molecule has 0 radical (unpaired) electrons. The van der Waals surface area contributed by atoms with E-state index in [0.29, 0.717) is 18.4 Å². The van der Waals surface area contributed by atoms with Gasteiger partial charge >= 0.3 is 0 Å². The molecule has 1 aromatic carbocycles. The van der Waals surface area contributed by atoms with Crippen molar-refractivity contribution in [3.63, 3.8) is 0 Å². The smallest absolute Gasteiger partial charge is 0.167 e. The summed E-state index contributed by atoms with van der Waals surface area (Å²) >= 11 is 0. The second-order valence-electron chi connectivity index (χ2n) is 6.56. The van der Waals surface area contributed by atoms with Crippen LogP contribution in [0.15, 0.2) is 17.9 Å². The molecule has 0 unspecified atom stereocenters. The molecular formula is C19H22ClNO2. The summed E-state index contributed by atoms with van der Waals surface area (Å²) in [5.74, 6) is 6.26. The zero-order valence-electron chi connectivity index (χ0n) is 13.7. The Morgan fingerprint density at radius 2 is 1.78 bits per heavy atom. The van der Waals surface area contributed by atoms with Crippen molar-refractivity contribution in [2.75, 3.05) is 13.1 Å². The summed E-state index contributed by atoms with van der Waals surface area (Å²) in [7, 11) is 0. The van der Waals surface area contributed by atoms with Crippen molar-refractivity contribution < 1.29 is 9.90 Å². The molecule has 0 saturated carbocycles. The number of nitrogens with one attached hydrogen (secondary N) is 1. The van der Waals surface area contributed by atoms with Crippen LogP contribution in [0.25, 0.3) is 5.57 Å². The number of hydrogen-bond donors (Lipinski definition) is 2. The molecule has 3 nitrogen and oxygen atoms in total. The maximum Gasteiger partial charge on any atom is 0.167 e. The largest absolute Gasteiger partial charge is 0.512 e. The van der Waals surface area contributed by atoms with Crippen molar-refractivity contribution >= 4 is 23.8 Å². The van der Waals surface area contributed by atoms with Crippen LogP contribution in [0.1, 0.15) is 42.0 Å². The van der Waals surface area contributed by atoms with Crippen molar-refractivity contribution in [2.24, 2.45) is 5.41 Å². The van der Waals surface area contributed by atoms with Crippen LogP contribution in [0.2, 0.25) is 0 Å². The van der Waals surface area contributed by atoms with Gasteiger partial charge in [-0.25, -0.2) is 0 Å². The SMILES string of the molecule is CC#Cc1cc(C)c(C2=C(O)CC3(CNC3)CC2=O)c(C)c1.Cl. The molecule has 0 aromatic heterocycles.